The third-order valence-corrected chi connectivity index (χ3v) is 7.33. The number of fused-ring (bicyclic) bond motifs is 1. The number of oxime groups is 1. The van der Waals surface area contributed by atoms with E-state index < -0.39 is 35.2 Å². The molecule has 2 amide bonds. The highest BCUT2D eigenvalue weighted by Gasteiger charge is 2.54. The Labute approximate surface area is 206 Å². The van der Waals surface area contributed by atoms with Gasteiger partial charge in [-0.3, -0.25) is 14.5 Å². The topological polar surface area (TPSA) is 185 Å². The van der Waals surface area contributed by atoms with Crippen LogP contribution in [0.4, 0.5) is 5.13 Å². The van der Waals surface area contributed by atoms with Crippen molar-refractivity contribution >= 4 is 57.7 Å². The van der Waals surface area contributed by atoms with Gasteiger partial charge in [0.25, 0.3) is 11.8 Å². The molecule has 0 radical (unpaired) electrons. The van der Waals surface area contributed by atoms with Gasteiger partial charge in [-0.05, 0) is 29.7 Å². The number of hydrogen-bond donors (Lipinski definition) is 4. The molecule has 1 saturated heterocycles. The van der Waals surface area contributed by atoms with Gasteiger partial charge in [0, 0.05) is 11.1 Å². The first kappa shape index (κ1) is 24.2. The quantitative estimate of drug-likeness (QED) is 0.221. The molecule has 0 aliphatic carbocycles. The first-order valence-electron chi connectivity index (χ1n) is 10.1. The van der Waals surface area contributed by atoms with Crippen LogP contribution in [0.5, 0.6) is 0 Å². The van der Waals surface area contributed by atoms with Crippen LogP contribution >= 0.6 is 23.1 Å². The third kappa shape index (κ3) is 4.70. The summed E-state index contributed by atoms with van der Waals surface area (Å²) in [6, 6.07) is 5.13. The van der Waals surface area contributed by atoms with Gasteiger partial charge in [-0.15, -0.1) is 23.1 Å². The van der Waals surface area contributed by atoms with E-state index in [2.05, 4.69) is 15.5 Å². The number of nitrogens with one attached hydrogen (secondary N) is 1. The zero-order chi connectivity index (χ0) is 25.3. The number of aliphatic carboxylic acids is 1. The average Bonchev–Trinajstić information content (AvgIpc) is 3.26. The minimum absolute atomic E-state index is 0.118. The largest absolute Gasteiger partial charge is 0.478 e. The lowest BCUT2D eigenvalue weighted by Crippen LogP contribution is -2.71. The Bertz CT molecular complexity index is 1270. The van der Waals surface area contributed by atoms with E-state index in [4.69, 9.17) is 15.7 Å². The molecule has 12 nitrogen and oxygen atoms in total. The minimum atomic E-state index is -1.26. The highest BCUT2D eigenvalue weighted by atomic mass is 32.2. The molecule has 0 spiro atoms. The number of thioether (sulfide) groups is 1. The number of carbonyl (C=O) groups excluding carboxylic acids is 2. The van der Waals surface area contributed by atoms with Crippen LogP contribution in [-0.2, 0) is 25.6 Å². The number of aromatic carboxylic acids is 1. The number of benzene rings is 1. The smallest absolute Gasteiger partial charge is 0.352 e. The molecule has 3 heterocycles. The minimum Gasteiger partial charge on any atom is -0.478 e. The Balaban J connectivity index is 1.52. The van der Waals surface area contributed by atoms with Gasteiger partial charge in [0.2, 0.25) is 0 Å². The Kier molecular flexibility index (Phi) is 6.75. The van der Waals surface area contributed by atoms with Crippen LogP contribution in [0.2, 0.25) is 0 Å². The van der Waals surface area contributed by atoms with Crippen molar-refractivity contribution in [2.75, 3.05) is 18.6 Å². The van der Waals surface area contributed by atoms with Crippen LogP contribution in [0.3, 0.4) is 0 Å². The summed E-state index contributed by atoms with van der Waals surface area (Å²) in [6.07, 6.45) is 0.234. The van der Waals surface area contributed by atoms with Gasteiger partial charge in [-0.25, -0.2) is 14.6 Å². The lowest BCUT2D eigenvalue weighted by Gasteiger charge is -2.49. The summed E-state index contributed by atoms with van der Waals surface area (Å²) in [5, 5.41) is 26.3. The molecular weight excluding hydrogens is 498 g/mol. The van der Waals surface area contributed by atoms with Crippen LogP contribution in [0, 0.1) is 0 Å². The summed E-state index contributed by atoms with van der Waals surface area (Å²) in [5.74, 6) is -3.29. The van der Waals surface area contributed by atoms with Crippen molar-refractivity contribution in [2.24, 2.45) is 5.16 Å². The first-order valence-corrected chi connectivity index (χ1v) is 12.0. The zero-order valence-electron chi connectivity index (χ0n) is 18.1. The molecule has 182 valence electrons. The molecule has 1 fully saturated rings. The molecule has 2 aliphatic rings. The van der Waals surface area contributed by atoms with Gasteiger partial charge in [0.15, 0.2) is 10.8 Å². The molecule has 0 saturated carbocycles. The van der Waals surface area contributed by atoms with E-state index in [9.17, 15) is 24.3 Å². The SMILES string of the molecule is CON=C(C(=O)N[C@@H]1C(=O)N2C(C(=O)O)=C(Cc3ccc(C(=O)O)cc3)CS[C@H]12)c1csc(N)n1. The molecule has 2 atom stereocenters. The number of nitrogens with zero attached hydrogens (tertiary/aromatic N) is 3. The van der Waals surface area contributed by atoms with Gasteiger partial charge in [-0.1, -0.05) is 17.3 Å². The van der Waals surface area contributed by atoms with Gasteiger partial charge in [-0.2, -0.15) is 0 Å². The fraction of sp³-hybridized carbons (Fsp3) is 0.238. The Morgan fingerprint density at radius 3 is 2.54 bits per heavy atom. The lowest BCUT2D eigenvalue weighted by atomic mass is 9.98. The summed E-state index contributed by atoms with van der Waals surface area (Å²) in [7, 11) is 1.26. The molecule has 35 heavy (non-hydrogen) atoms. The maximum absolute atomic E-state index is 12.9. The number of amides is 2. The molecule has 4 rings (SSSR count). The predicted octanol–water partition coefficient (Wildman–Crippen LogP) is 0.755. The highest BCUT2D eigenvalue weighted by molar-refractivity contribution is 8.00. The van der Waals surface area contributed by atoms with Crippen molar-refractivity contribution in [2.45, 2.75) is 17.8 Å². The fourth-order valence-electron chi connectivity index (χ4n) is 3.73. The second kappa shape index (κ2) is 9.76. The van der Waals surface area contributed by atoms with Crippen molar-refractivity contribution < 1.29 is 34.2 Å². The number of carboxylic acids is 2. The first-order chi connectivity index (χ1) is 16.7. The zero-order valence-corrected chi connectivity index (χ0v) is 19.8. The van der Waals surface area contributed by atoms with Crippen molar-refractivity contribution in [3.05, 3.63) is 57.7 Å². The molecule has 0 unspecified atom stereocenters. The number of anilines is 1. The number of β-lactam (4-membered cyclic amide) rings is 1. The van der Waals surface area contributed by atoms with Crippen molar-refractivity contribution in [3.63, 3.8) is 0 Å². The van der Waals surface area contributed by atoms with Gasteiger partial charge < -0.3 is 26.1 Å². The Hall–Kier alpha value is -3.91. The molecule has 2 aliphatic heterocycles. The number of carbonyl (C=O) groups is 4. The van der Waals surface area contributed by atoms with E-state index >= 15 is 0 Å². The summed E-state index contributed by atoms with van der Waals surface area (Å²) in [4.78, 5) is 58.7. The molecule has 0 bridgehead atoms. The summed E-state index contributed by atoms with van der Waals surface area (Å²) >= 11 is 2.43. The van der Waals surface area contributed by atoms with Crippen LogP contribution in [0.25, 0.3) is 0 Å². The number of hydrogen-bond acceptors (Lipinski definition) is 10. The van der Waals surface area contributed by atoms with Gasteiger partial charge in [0.1, 0.15) is 29.9 Å². The second-order valence-electron chi connectivity index (χ2n) is 7.49. The summed E-state index contributed by atoms with van der Waals surface area (Å²) in [5.41, 5.74) is 6.86. The average molecular weight is 518 g/mol. The second-order valence-corrected chi connectivity index (χ2v) is 9.49. The molecule has 14 heteroatoms. The third-order valence-electron chi connectivity index (χ3n) is 5.32. The number of thiazole rings is 1. The number of nitrogen functional groups attached to an aromatic ring is 1. The van der Waals surface area contributed by atoms with Gasteiger partial charge >= 0.3 is 11.9 Å². The van der Waals surface area contributed by atoms with Crippen LogP contribution in [0.15, 0.2) is 46.1 Å². The normalized spacial score (nSPS) is 19.6. The number of nitrogens with two attached hydrogens (primary N) is 1. The van der Waals surface area contributed by atoms with E-state index in [-0.39, 0.29) is 34.2 Å². The number of aromatic nitrogens is 1. The Morgan fingerprint density at radius 1 is 1.26 bits per heavy atom. The predicted molar refractivity (Wildman–Crippen MR) is 127 cm³/mol. The van der Waals surface area contributed by atoms with Crippen LogP contribution in [0.1, 0.15) is 21.6 Å². The van der Waals surface area contributed by atoms with Crippen molar-refractivity contribution in [1.29, 1.82) is 0 Å². The summed E-state index contributed by atoms with van der Waals surface area (Å²) in [6.45, 7) is 0. The summed E-state index contributed by atoms with van der Waals surface area (Å²) < 4.78 is 0. The lowest BCUT2D eigenvalue weighted by molar-refractivity contribution is -0.150. The molecule has 5 N–H and O–H groups in total. The van der Waals surface area contributed by atoms with E-state index in [1.807, 2.05) is 0 Å². The maximum atomic E-state index is 12.9. The molecule has 1 aromatic carbocycles. The highest BCUT2D eigenvalue weighted by Crippen LogP contribution is 2.41. The Morgan fingerprint density at radius 2 is 1.97 bits per heavy atom. The van der Waals surface area contributed by atoms with Crippen molar-refractivity contribution in [1.82, 2.24) is 15.2 Å². The van der Waals surface area contributed by atoms with Crippen molar-refractivity contribution in [3.8, 4) is 0 Å². The van der Waals surface area contributed by atoms with Gasteiger partial charge in [0.05, 0.1) is 5.56 Å². The number of rotatable bonds is 8. The van der Waals surface area contributed by atoms with Crippen LogP contribution in [-0.4, -0.2) is 73.8 Å². The van der Waals surface area contributed by atoms with Crippen LogP contribution < -0.4 is 11.1 Å². The standard InChI is InChI=1S/C21H19N5O7S2/c1-33-25-13(12-8-35-21(22)23-12)16(27)24-14-17(28)26-15(20(31)32)11(7-34-18(14)26)6-9-2-4-10(5-3-9)19(29)30/h2-5,8,14,18H,6-7H2,1H3,(H2,22,23)(H,24,27)(H,29,30)(H,31,32)/t14-,18-/m1/s1. The van der Waals surface area contributed by atoms with E-state index in [1.165, 1.54) is 36.4 Å². The maximum Gasteiger partial charge on any atom is 0.352 e. The molecule has 2 aromatic rings. The number of carboxylic acid groups (broad SMARTS) is 2. The van der Waals surface area contributed by atoms with E-state index in [0.717, 1.165) is 16.2 Å². The van der Waals surface area contributed by atoms with E-state index in [0.29, 0.717) is 16.9 Å². The monoisotopic (exact) mass is 517 g/mol. The van der Waals surface area contributed by atoms with E-state index in [1.54, 1.807) is 12.1 Å². The molecular formula is C21H19N5O7S2. The molecule has 1 aromatic heterocycles. The fourth-order valence-corrected chi connectivity index (χ4v) is 5.63.